The van der Waals surface area contributed by atoms with Gasteiger partial charge in [0.25, 0.3) is 0 Å². The lowest BCUT2D eigenvalue weighted by Gasteiger charge is -2.36. The Morgan fingerprint density at radius 3 is 2.48 bits per heavy atom. The fraction of sp³-hybridized carbons (Fsp3) is 0.632. The van der Waals surface area contributed by atoms with E-state index in [0.717, 1.165) is 70.3 Å². The van der Waals surface area contributed by atoms with Crippen LogP contribution in [0.1, 0.15) is 19.3 Å². The van der Waals surface area contributed by atoms with Gasteiger partial charge in [-0.1, -0.05) is 11.6 Å². The molecule has 2 saturated heterocycles. The normalized spacial score (nSPS) is 19.1. The van der Waals surface area contributed by atoms with E-state index in [9.17, 15) is 0 Å². The summed E-state index contributed by atoms with van der Waals surface area (Å²) in [7, 11) is 0. The Labute approximate surface area is 184 Å². The van der Waals surface area contributed by atoms with Gasteiger partial charge in [-0.25, -0.2) is 0 Å². The first-order valence-electron chi connectivity index (χ1n) is 9.47. The average Bonchev–Trinajstić information content (AvgIpc) is 2.69. The van der Waals surface area contributed by atoms with Crippen LogP contribution in [-0.4, -0.2) is 69.5 Å². The monoisotopic (exact) mass is 508 g/mol. The number of benzene rings is 1. The van der Waals surface area contributed by atoms with Gasteiger partial charge in [0.15, 0.2) is 5.96 Å². The lowest BCUT2D eigenvalue weighted by Crippen LogP contribution is -2.51. The summed E-state index contributed by atoms with van der Waals surface area (Å²) >= 11 is 5.96. The molecule has 1 aromatic rings. The molecule has 0 amide bonds. The van der Waals surface area contributed by atoms with E-state index in [1.165, 1.54) is 5.69 Å². The first-order valence-corrected chi connectivity index (χ1v) is 9.85. The second kappa shape index (κ2) is 11.9. The molecule has 2 fully saturated rings. The fourth-order valence-corrected chi connectivity index (χ4v) is 3.42. The quantitative estimate of drug-likeness (QED) is 0.277. The lowest BCUT2D eigenvalue weighted by molar-refractivity contribution is -0.0318. The Kier molecular flexibility index (Phi) is 9.95. The summed E-state index contributed by atoms with van der Waals surface area (Å²) in [5, 5.41) is 0.768. The molecule has 6 nitrogen and oxygen atoms in total. The van der Waals surface area contributed by atoms with Crippen molar-refractivity contribution in [2.45, 2.75) is 25.4 Å². The molecule has 2 heterocycles. The second-order valence-electron chi connectivity index (χ2n) is 6.73. The van der Waals surface area contributed by atoms with Crippen molar-refractivity contribution in [1.82, 2.24) is 4.90 Å². The molecule has 2 aliphatic rings. The van der Waals surface area contributed by atoms with Crippen molar-refractivity contribution in [2.75, 3.05) is 57.4 Å². The van der Waals surface area contributed by atoms with E-state index in [1.807, 2.05) is 12.1 Å². The number of ether oxygens (including phenoxy) is 2. The van der Waals surface area contributed by atoms with Crippen LogP contribution in [0.15, 0.2) is 29.3 Å². The molecular formula is C19H30ClIN4O2. The van der Waals surface area contributed by atoms with Gasteiger partial charge in [-0.2, -0.15) is 0 Å². The van der Waals surface area contributed by atoms with Crippen molar-refractivity contribution in [3.63, 3.8) is 0 Å². The second-order valence-corrected chi connectivity index (χ2v) is 7.16. The standard InChI is InChI=1S/C19H29ClN4O2.HI/c20-16-2-4-17(5-3-16)23-9-11-24(12-10-23)19(21)22-8-1-13-26-18-6-14-25-15-7-18;/h2-5,18H,1,6-15H2,(H2,21,22);1H. The van der Waals surface area contributed by atoms with Gasteiger partial charge in [-0.15, -0.1) is 24.0 Å². The molecule has 2 N–H and O–H groups in total. The molecule has 152 valence electrons. The van der Waals surface area contributed by atoms with Crippen LogP contribution in [0.3, 0.4) is 0 Å². The van der Waals surface area contributed by atoms with Crippen LogP contribution < -0.4 is 10.6 Å². The number of piperazine rings is 1. The van der Waals surface area contributed by atoms with Gasteiger partial charge in [-0.05, 0) is 43.5 Å². The summed E-state index contributed by atoms with van der Waals surface area (Å²) in [6, 6.07) is 7.99. The van der Waals surface area contributed by atoms with Gasteiger partial charge in [0.2, 0.25) is 0 Å². The molecule has 0 spiro atoms. The smallest absolute Gasteiger partial charge is 0.191 e. The van der Waals surface area contributed by atoms with Crippen LogP contribution in [0.2, 0.25) is 5.02 Å². The van der Waals surface area contributed by atoms with Gasteiger partial charge >= 0.3 is 0 Å². The van der Waals surface area contributed by atoms with Gasteiger partial charge in [-0.3, -0.25) is 4.99 Å². The SMILES string of the molecule is I.NC(=NCCCOC1CCOCC1)N1CCN(c2ccc(Cl)cc2)CC1. The van der Waals surface area contributed by atoms with Crippen molar-refractivity contribution >= 4 is 47.2 Å². The molecule has 0 saturated carbocycles. The molecule has 8 heteroatoms. The Morgan fingerprint density at radius 2 is 1.81 bits per heavy atom. The third kappa shape index (κ3) is 7.29. The Hall–Kier alpha value is -0.770. The number of guanidine groups is 1. The molecule has 0 unspecified atom stereocenters. The number of hydrogen-bond donors (Lipinski definition) is 1. The van der Waals surface area contributed by atoms with Crippen molar-refractivity contribution in [2.24, 2.45) is 10.7 Å². The lowest BCUT2D eigenvalue weighted by atomic mass is 10.1. The zero-order valence-electron chi connectivity index (χ0n) is 15.7. The van der Waals surface area contributed by atoms with Crippen LogP contribution >= 0.6 is 35.6 Å². The predicted octanol–water partition coefficient (Wildman–Crippen LogP) is 2.98. The highest BCUT2D eigenvalue weighted by Crippen LogP contribution is 2.19. The highest BCUT2D eigenvalue weighted by atomic mass is 127. The third-order valence-electron chi connectivity index (χ3n) is 4.89. The van der Waals surface area contributed by atoms with Crippen molar-refractivity contribution < 1.29 is 9.47 Å². The van der Waals surface area contributed by atoms with Crippen molar-refractivity contribution in [1.29, 1.82) is 0 Å². The highest BCUT2D eigenvalue weighted by Gasteiger charge is 2.18. The van der Waals surface area contributed by atoms with Crippen LogP contribution in [0.4, 0.5) is 5.69 Å². The number of hydrogen-bond acceptors (Lipinski definition) is 4. The van der Waals surface area contributed by atoms with E-state index in [-0.39, 0.29) is 24.0 Å². The van der Waals surface area contributed by atoms with Crippen molar-refractivity contribution in [3.8, 4) is 0 Å². The third-order valence-corrected chi connectivity index (χ3v) is 5.15. The molecule has 2 aliphatic heterocycles. The molecule has 27 heavy (non-hydrogen) atoms. The van der Waals surface area contributed by atoms with E-state index in [1.54, 1.807) is 0 Å². The summed E-state index contributed by atoms with van der Waals surface area (Å²) in [4.78, 5) is 9.03. The van der Waals surface area contributed by atoms with Crippen LogP contribution in [-0.2, 0) is 9.47 Å². The van der Waals surface area contributed by atoms with E-state index < -0.39 is 0 Å². The maximum Gasteiger partial charge on any atom is 0.191 e. The number of rotatable bonds is 6. The molecule has 0 atom stereocenters. The molecule has 3 rings (SSSR count). The van der Waals surface area contributed by atoms with Crippen molar-refractivity contribution in [3.05, 3.63) is 29.3 Å². The van der Waals surface area contributed by atoms with Gasteiger partial charge in [0.05, 0.1) is 6.10 Å². The molecule has 0 bridgehead atoms. The maximum atomic E-state index is 6.16. The number of halogens is 2. The Balaban J connectivity index is 0.00000261. The minimum atomic E-state index is 0. The van der Waals surface area contributed by atoms with E-state index in [4.69, 9.17) is 26.8 Å². The summed E-state index contributed by atoms with van der Waals surface area (Å²) in [6.07, 6.45) is 3.26. The fourth-order valence-electron chi connectivity index (χ4n) is 3.30. The minimum absolute atomic E-state index is 0. The maximum absolute atomic E-state index is 6.16. The first kappa shape index (κ1) is 22.5. The van der Waals surface area contributed by atoms with Gasteiger partial charge < -0.3 is 25.0 Å². The predicted molar refractivity (Wildman–Crippen MR) is 122 cm³/mol. The molecular weight excluding hydrogens is 479 g/mol. The topological polar surface area (TPSA) is 63.3 Å². The van der Waals surface area contributed by atoms with E-state index in [0.29, 0.717) is 18.6 Å². The molecule has 0 aromatic heterocycles. The van der Waals surface area contributed by atoms with Crippen LogP contribution in [0, 0.1) is 0 Å². The van der Waals surface area contributed by atoms with E-state index >= 15 is 0 Å². The summed E-state index contributed by atoms with van der Waals surface area (Å²) < 4.78 is 11.2. The zero-order valence-corrected chi connectivity index (χ0v) is 18.8. The number of nitrogens with two attached hydrogens (primary N) is 1. The Morgan fingerprint density at radius 1 is 1.15 bits per heavy atom. The Bertz CT molecular complexity index is 574. The summed E-state index contributed by atoms with van der Waals surface area (Å²) in [5.74, 6) is 0.645. The molecule has 0 radical (unpaired) electrons. The zero-order chi connectivity index (χ0) is 18.2. The highest BCUT2D eigenvalue weighted by molar-refractivity contribution is 14.0. The first-order chi connectivity index (χ1) is 12.7. The summed E-state index contributed by atoms with van der Waals surface area (Å²) in [6.45, 7) is 6.73. The van der Waals surface area contributed by atoms with E-state index in [2.05, 4.69) is 26.9 Å². The molecule has 0 aliphatic carbocycles. The average molecular weight is 509 g/mol. The minimum Gasteiger partial charge on any atom is -0.381 e. The van der Waals surface area contributed by atoms with Gasteiger partial charge in [0, 0.05) is 63.3 Å². The summed E-state index contributed by atoms with van der Waals surface area (Å²) in [5.41, 5.74) is 7.36. The number of nitrogens with zero attached hydrogens (tertiary/aromatic N) is 3. The number of anilines is 1. The van der Waals surface area contributed by atoms with Gasteiger partial charge in [0.1, 0.15) is 0 Å². The number of aliphatic imine (C=N–C) groups is 1. The largest absolute Gasteiger partial charge is 0.381 e. The molecule has 1 aromatic carbocycles. The van der Waals surface area contributed by atoms with Crippen LogP contribution in [0.25, 0.3) is 0 Å². The van der Waals surface area contributed by atoms with Crippen LogP contribution in [0.5, 0.6) is 0 Å².